The van der Waals surface area contributed by atoms with Crippen molar-refractivity contribution in [3.63, 3.8) is 0 Å². The normalized spacial score (nSPS) is 13.3. The van der Waals surface area contributed by atoms with Crippen LogP contribution in [0.2, 0.25) is 0 Å². The first-order valence-electron chi connectivity index (χ1n) is 6.24. The molecule has 0 aliphatic carbocycles. The Morgan fingerprint density at radius 1 is 1.33 bits per heavy atom. The number of nitrogens with two attached hydrogens (primary N) is 1. The minimum absolute atomic E-state index is 0.182. The van der Waals surface area contributed by atoms with Crippen molar-refractivity contribution < 1.29 is 8.95 Å². The van der Waals surface area contributed by atoms with E-state index in [4.69, 9.17) is 10.5 Å². The van der Waals surface area contributed by atoms with Gasteiger partial charge in [-0.15, -0.1) is 0 Å². The largest absolute Gasteiger partial charge is 0.494 e. The summed E-state index contributed by atoms with van der Waals surface area (Å²) >= 11 is 0. The first-order chi connectivity index (χ1) is 8.33. The average Bonchev–Trinajstić information content (AvgIpc) is 2.28. The number of benzene rings is 1. The highest BCUT2D eigenvalue weighted by Gasteiger charge is 2.15. The molecule has 0 spiro atoms. The molecule has 0 radical (unpaired) electrons. The van der Waals surface area contributed by atoms with E-state index in [1.807, 2.05) is 13.0 Å². The molecule has 1 aromatic rings. The van der Waals surface area contributed by atoms with Crippen LogP contribution in [0.5, 0.6) is 5.75 Å². The van der Waals surface area contributed by atoms with Crippen LogP contribution in [0.25, 0.3) is 0 Å². The molecule has 1 rings (SSSR count). The number of hydrogen-bond donors (Lipinski definition) is 1. The molecule has 0 amide bonds. The van der Waals surface area contributed by atoms with E-state index in [1.165, 1.54) is 0 Å². The summed E-state index contributed by atoms with van der Waals surface area (Å²) in [6, 6.07) is 5.36. The van der Waals surface area contributed by atoms with Gasteiger partial charge >= 0.3 is 0 Å². The summed E-state index contributed by atoms with van der Waals surface area (Å²) in [5.74, 6) is 1.36. The summed E-state index contributed by atoms with van der Waals surface area (Å²) in [7, 11) is -1.06. The van der Waals surface area contributed by atoms with Gasteiger partial charge in [-0.1, -0.05) is 20.8 Å². The molecule has 0 aliphatic heterocycles. The molecule has 4 heteroatoms. The van der Waals surface area contributed by atoms with E-state index in [1.54, 1.807) is 12.1 Å². The third-order valence-electron chi connectivity index (χ3n) is 2.58. The van der Waals surface area contributed by atoms with Gasteiger partial charge in [0.15, 0.2) is 0 Å². The maximum Gasteiger partial charge on any atom is 0.120 e. The maximum atomic E-state index is 12.2. The van der Waals surface area contributed by atoms with Crippen molar-refractivity contribution in [2.75, 3.05) is 18.1 Å². The van der Waals surface area contributed by atoms with Crippen LogP contribution >= 0.6 is 0 Å². The Balaban J connectivity index is 2.81. The van der Waals surface area contributed by atoms with Gasteiger partial charge in [0.2, 0.25) is 0 Å². The molecule has 1 atom stereocenters. The molecule has 1 unspecified atom stereocenters. The smallest absolute Gasteiger partial charge is 0.120 e. The zero-order chi connectivity index (χ0) is 13.8. The molecule has 0 aliphatic rings. The van der Waals surface area contributed by atoms with E-state index in [2.05, 4.69) is 20.8 Å². The Hall–Kier alpha value is -1.03. The summed E-state index contributed by atoms with van der Waals surface area (Å²) in [6.45, 7) is 8.95. The lowest BCUT2D eigenvalue weighted by molar-refractivity contribution is 0.339. The number of anilines is 1. The molecular formula is C14H23NO2S. The molecule has 3 nitrogen and oxygen atoms in total. The monoisotopic (exact) mass is 269 g/mol. The van der Waals surface area contributed by atoms with Gasteiger partial charge in [-0.25, -0.2) is 0 Å². The topological polar surface area (TPSA) is 52.3 Å². The molecule has 18 heavy (non-hydrogen) atoms. The second kappa shape index (κ2) is 6.23. The SMILES string of the molecule is CCOc1ccc(N)c(S(=O)CCC(C)(C)C)c1. The molecule has 2 N–H and O–H groups in total. The van der Waals surface area contributed by atoms with Crippen molar-refractivity contribution in [3.8, 4) is 5.75 Å². The first-order valence-corrected chi connectivity index (χ1v) is 7.56. The van der Waals surface area contributed by atoms with Gasteiger partial charge in [-0.2, -0.15) is 0 Å². The fourth-order valence-electron chi connectivity index (χ4n) is 1.48. The summed E-state index contributed by atoms with van der Waals surface area (Å²) in [5, 5.41) is 0. The van der Waals surface area contributed by atoms with Crippen LogP contribution in [0.15, 0.2) is 23.1 Å². The standard InChI is InChI=1S/C14H23NO2S/c1-5-17-11-6-7-12(15)13(10-11)18(16)9-8-14(2,3)4/h6-7,10H,5,8-9,15H2,1-4H3. The Kier molecular flexibility index (Phi) is 5.20. The molecule has 0 fully saturated rings. The van der Waals surface area contributed by atoms with Gasteiger partial charge in [0, 0.05) is 11.4 Å². The van der Waals surface area contributed by atoms with Gasteiger partial charge < -0.3 is 10.5 Å². The highest BCUT2D eigenvalue weighted by molar-refractivity contribution is 7.85. The average molecular weight is 269 g/mol. The van der Waals surface area contributed by atoms with Crippen molar-refractivity contribution in [1.82, 2.24) is 0 Å². The summed E-state index contributed by atoms with van der Waals surface area (Å²) in [6.07, 6.45) is 0.901. The van der Waals surface area contributed by atoms with E-state index in [0.29, 0.717) is 22.9 Å². The molecule has 0 saturated heterocycles. The van der Waals surface area contributed by atoms with Crippen LogP contribution in [0.1, 0.15) is 34.1 Å². The predicted octanol–water partition coefficient (Wildman–Crippen LogP) is 3.21. The third-order valence-corrected chi connectivity index (χ3v) is 4.00. The van der Waals surface area contributed by atoms with Gasteiger partial charge in [-0.3, -0.25) is 4.21 Å². The second-order valence-electron chi connectivity index (χ2n) is 5.49. The van der Waals surface area contributed by atoms with E-state index < -0.39 is 10.8 Å². The van der Waals surface area contributed by atoms with Crippen LogP contribution in [0, 0.1) is 5.41 Å². The second-order valence-corrected chi connectivity index (χ2v) is 7.03. The van der Waals surface area contributed by atoms with E-state index in [-0.39, 0.29) is 5.41 Å². The molecule has 0 saturated carbocycles. The lowest BCUT2D eigenvalue weighted by Crippen LogP contribution is -2.11. The van der Waals surface area contributed by atoms with E-state index in [0.717, 1.165) is 12.2 Å². The fourth-order valence-corrected chi connectivity index (χ4v) is 3.07. The van der Waals surface area contributed by atoms with Crippen molar-refractivity contribution in [3.05, 3.63) is 18.2 Å². The molecule has 102 valence electrons. The Labute approximate surface area is 112 Å². The number of hydrogen-bond acceptors (Lipinski definition) is 3. The molecular weight excluding hydrogens is 246 g/mol. The van der Waals surface area contributed by atoms with Crippen molar-refractivity contribution in [2.45, 2.75) is 39.0 Å². The van der Waals surface area contributed by atoms with Crippen LogP contribution in [0.3, 0.4) is 0 Å². The zero-order valence-corrected chi connectivity index (χ0v) is 12.5. The Bertz CT molecular complexity index is 424. The lowest BCUT2D eigenvalue weighted by atomic mass is 9.94. The third kappa shape index (κ3) is 4.69. The molecule has 0 bridgehead atoms. The number of nitrogen functional groups attached to an aromatic ring is 1. The molecule has 0 aromatic heterocycles. The van der Waals surface area contributed by atoms with Crippen LogP contribution in [-0.2, 0) is 10.8 Å². The Morgan fingerprint density at radius 2 is 2.00 bits per heavy atom. The predicted molar refractivity (Wildman–Crippen MR) is 77.4 cm³/mol. The molecule has 1 aromatic carbocycles. The van der Waals surface area contributed by atoms with E-state index >= 15 is 0 Å². The summed E-state index contributed by atoms with van der Waals surface area (Å²) < 4.78 is 17.7. The first kappa shape index (κ1) is 15.0. The van der Waals surface area contributed by atoms with Gasteiger partial charge in [0.25, 0.3) is 0 Å². The molecule has 0 heterocycles. The minimum Gasteiger partial charge on any atom is -0.494 e. The van der Waals surface area contributed by atoms with Gasteiger partial charge in [0.1, 0.15) is 5.75 Å². The minimum atomic E-state index is -1.06. The van der Waals surface area contributed by atoms with Crippen LogP contribution < -0.4 is 10.5 Å². The van der Waals surface area contributed by atoms with Crippen molar-refractivity contribution in [1.29, 1.82) is 0 Å². The fraction of sp³-hybridized carbons (Fsp3) is 0.571. The van der Waals surface area contributed by atoms with Crippen molar-refractivity contribution in [2.24, 2.45) is 5.41 Å². The van der Waals surface area contributed by atoms with E-state index in [9.17, 15) is 4.21 Å². The Morgan fingerprint density at radius 3 is 2.56 bits per heavy atom. The number of rotatable bonds is 5. The maximum absolute atomic E-state index is 12.2. The van der Waals surface area contributed by atoms with Gasteiger partial charge in [0.05, 0.1) is 22.3 Å². The van der Waals surface area contributed by atoms with Crippen LogP contribution in [-0.4, -0.2) is 16.6 Å². The van der Waals surface area contributed by atoms with Gasteiger partial charge in [-0.05, 0) is 37.0 Å². The summed E-state index contributed by atoms with van der Waals surface area (Å²) in [4.78, 5) is 0.685. The number of ether oxygens (including phenoxy) is 1. The summed E-state index contributed by atoms with van der Waals surface area (Å²) in [5.41, 5.74) is 6.63. The lowest BCUT2D eigenvalue weighted by Gasteiger charge is -2.17. The van der Waals surface area contributed by atoms with Crippen LogP contribution in [0.4, 0.5) is 5.69 Å². The van der Waals surface area contributed by atoms with Crippen molar-refractivity contribution >= 4 is 16.5 Å². The highest BCUT2D eigenvalue weighted by Crippen LogP contribution is 2.26. The highest BCUT2D eigenvalue weighted by atomic mass is 32.2. The zero-order valence-electron chi connectivity index (χ0n) is 11.7. The quantitative estimate of drug-likeness (QED) is 0.835.